The second kappa shape index (κ2) is 15.4. The molecule has 10 aromatic carbocycles. The van der Waals surface area contributed by atoms with Gasteiger partial charge in [0.25, 0.3) is 0 Å². The number of fused-ring (bicyclic) bond motifs is 12. The number of hydrogen-bond acceptors (Lipinski definition) is 4. The third-order valence-electron chi connectivity index (χ3n) is 14.1. The molecule has 0 bridgehead atoms. The highest BCUT2D eigenvalue weighted by molar-refractivity contribution is 6.17. The van der Waals surface area contributed by atoms with Crippen LogP contribution in [0.1, 0.15) is 22.3 Å². The SMILES string of the molecule is c1ccc(-c2ccc(-c3nc(-c4ccccc4)nc(-c4cccc5c4c4cc6c(cc4n5-c4cccc(-c5ccccc5)c4)C4(c5ccccc5Oc5ccccc54)c4ccccc4-6)n3)cc2)cc1. The van der Waals surface area contributed by atoms with Gasteiger partial charge in [-0.15, -0.1) is 0 Å². The molecule has 0 N–H and O–H groups in total. The Balaban J connectivity index is 1.07. The lowest BCUT2D eigenvalue weighted by atomic mass is 9.66. The minimum absolute atomic E-state index is 0.610. The van der Waals surface area contributed by atoms with E-state index in [9.17, 15) is 0 Å². The average Bonchev–Trinajstić information content (AvgIpc) is 3.91. The molecule has 2 aromatic heterocycles. The summed E-state index contributed by atoms with van der Waals surface area (Å²) in [6.07, 6.45) is 0. The monoisotopic (exact) mass is 880 g/mol. The maximum atomic E-state index is 6.73. The van der Waals surface area contributed by atoms with Crippen LogP contribution >= 0.6 is 0 Å². The Kier molecular flexibility index (Phi) is 8.73. The van der Waals surface area contributed by atoms with Crippen molar-refractivity contribution in [1.82, 2.24) is 19.5 Å². The van der Waals surface area contributed by atoms with E-state index in [1.165, 1.54) is 22.3 Å². The first kappa shape index (κ1) is 39.0. The van der Waals surface area contributed by atoms with Crippen LogP contribution in [0.25, 0.3) is 95.0 Å². The van der Waals surface area contributed by atoms with Crippen LogP contribution in [0.5, 0.6) is 11.5 Å². The molecule has 1 aliphatic carbocycles. The van der Waals surface area contributed by atoms with Gasteiger partial charge >= 0.3 is 0 Å². The van der Waals surface area contributed by atoms with Crippen LogP contribution in [-0.4, -0.2) is 19.5 Å². The Morgan fingerprint density at radius 3 is 1.49 bits per heavy atom. The zero-order chi connectivity index (χ0) is 45.5. The van der Waals surface area contributed by atoms with Gasteiger partial charge in [0.15, 0.2) is 17.5 Å². The molecule has 0 fully saturated rings. The Morgan fingerprint density at radius 2 is 0.812 bits per heavy atom. The molecule has 0 saturated heterocycles. The number of para-hydroxylation sites is 2. The minimum atomic E-state index is -0.634. The van der Waals surface area contributed by atoms with Crippen LogP contribution in [0.15, 0.2) is 243 Å². The zero-order valence-corrected chi connectivity index (χ0v) is 37.3. The molecule has 69 heavy (non-hydrogen) atoms. The van der Waals surface area contributed by atoms with Crippen molar-refractivity contribution >= 4 is 21.8 Å². The molecule has 5 nitrogen and oxygen atoms in total. The van der Waals surface area contributed by atoms with Crippen molar-refractivity contribution in [3.05, 3.63) is 265 Å². The van der Waals surface area contributed by atoms with Crippen LogP contribution in [0.2, 0.25) is 0 Å². The van der Waals surface area contributed by atoms with E-state index in [1.807, 2.05) is 24.3 Å². The van der Waals surface area contributed by atoms with Gasteiger partial charge in [-0.2, -0.15) is 0 Å². The first-order valence-electron chi connectivity index (χ1n) is 23.4. The summed E-state index contributed by atoms with van der Waals surface area (Å²) in [4.78, 5) is 15.9. The number of benzene rings is 10. The third-order valence-corrected chi connectivity index (χ3v) is 14.1. The first-order chi connectivity index (χ1) is 34.2. The van der Waals surface area contributed by atoms with Gasteiger partial charge in [0.05, 0.1) is 16.4 Å². The van der Waals surface area contributed by atoms with E-state index >= 15 is 0 Å². The molecule has 5 heteroatoms. The molecule has 1 spiro atoms. The van der Waals surface area contributed by atoms with E-state index in [2.05, 4.69) is 223 Å². The summed E-state index contributed by atoms with van der Waals surface area (Å²) >= 11 is 0. The average molecular weight is 881 g/mol. The second-order valence-electron chi connectivity index (χ2n) is 17.9. The smallest absolute Gasteiger partial charge is 0.164 e. The highest BCUT2D eigenvalue weighted by Gasteiger charge is 2.51. The lowest BCUT2D eigenvalue weighted by Gasteiger charge is -2.39. The highest BCUT2D eigenvalue weighted by Crippen LogP contribution is 2.63. The van der Waals surface area contributed by atoms with Crippen molar-refractivity contribution in [1.29, 1.82) is 0 Å². The summed E-state index contributed by atoms with van der Waals surface area (Å²) in [6.45, 7) is 0. The molecule has 2 aliphatic rings. The van der Waals surface area contributed by atoms with Gasteiger partial charge in [0.1, 0.15) is 11.5 Å². The lowest BCUT2D eigenvalue weighted by Crippen LogP contribution is -2.32. The number of ether oxygens (including phenoxy) is 1. The zero-order valence-electron chi connectivity index (χ0n) is 37.3. The fourth-order valence-corrected chi connectivity index (χ4v) is 11.1. The quantitative estimate of drug-likeness (QED) is 0.167. The number of nitrogens with zero attached hydrogens (tertiary/aromatic N) is 4. The van der Waals surface area contributed by atoms with E-state index < -0.39 is 5.41 Å². The van der Waals surface area contributed by atoms with Crippen molar-refractivity contribution in [2.45, 2.75) is 5.41 Å². The number of rotatable bonds is 6. The van der Waals surface area contributed by atoms with Gasteiger partial charge < -0.3 is 9.30 Å². The molecule has 1 aliphatic heterocycles. The third kappa shape index (κ3) is 6.00. The van der Waals surface area contributed by atoms with Crippen molar-refractivity contribution in [3.8, 4) is 84.7 Å². The van der Waals surface area contributed by atoms with Crippen LogP contribution in [0.3, 0.4) is 0 Å². The Morgan fingerprint density at radius 1 is 0.319 bits per heavy atom. The van der Waals surface area contributed by atoms with E-state index in [0.29, 0.717) is 17.5 Å². The van der Waals surface area contributed by atoms with Crippen LogP contribution < -0.4 is 4.74 Å². The predicted octanol–water partition coefficient (Wildman–Crippen LogP) is 15.8. The minimum Gasteiger partial charge on any atom is -0.457 e. The molecule has 14 rings (SSSR count). The Labute approximate surface area is 399 Å². The second-order valence-corrected chi connectivity index (χ2v) is 17.9. The van der Waals surface area contributed by atoms with Gasteiger partial charge in [0, 0.05) is 44.3 Å². The molecule has 3 heterocycles. The summed E-state index contributed by atoms with van der Waals surface area (Å²) in [5.41, 5.74) is 17.1. The van der Waals surface area contributed by atoms with Gasteiger partial charge in [-0.05, 0) is 87.0 Å². The lowest BCUT2D eigenvalue weighted by molar-refractivity contribution is 0.436. The van der Waals surface area contributed by atoms with Crippen LogP contribution in [0.4, 0.5) is 0 Å². The summed E-state index contributed by atoms with van der Waals surface area (Å²) < 4.78 is 9.17. The normalized spacial score (nSPS) is 12.9. The van der Waals surface area contributed by atoms with Crippen molar-refractivity contribution in [2.75, 3.05) is 0 Å². The first-order valence-corrected chi connectivity index (χ1v) is 23.4. The molecule has 0 unspecified atom stereocenters. The fraction of sp³-hybridized carbons (Fsp3) is 0.0156. The maximum absolute atomic E-state index is 6.73. The van der Waals surface area contributed by atoms with E-state index in [4.69, 9.17) is 19.7 Å². The van der Waals surface area contributed by atoms with Crippen LogP contribution in [-0.2, 0) is 5.41 Å². The summed E-state index contributed by atoms with van der Waals surface area (Å²) in [5, 5.41) is 2.18. The van der Waals surface area contributed by atoms with Gasteiger partial charge in [0.2, 0.25) is 0 Å². The summed E-state index contributed by atoms with van der Waals surface area (Å²) in [7, 11) is 0. The van der Waals surface area contributed by atoms with Crippen LogP contribution in [0, 0.1) is 0 Å². The van der Waals surface area contributed by atoms with Crippen molar-refractivity contribution < 1.29 is 4.74 Å². The van der Waals surface area contributed by atoms with E-state index in [0.717, 1.165) is 89.1 Å². The van der Waals surface area contributed by atoms with E-state index in [-0.39, 0.29) is 0 Å². The molecular formula is C64H40N4O. The molecule has 0 amide bonds. The van der Waals surface area contributed by atoms with Crippen molar-refractivity contribution in [3.63, 3.8) is 0 Å². The molecular weight excluding hydrogens is 841 g/mol. The predicted molar refractivity (Wildman–Crippen MR) is 279 cm³/mol. The highest BCUT2D eigenvalue weighted by atomic mass is 16.5. The summed E-state index contributed by atoms with van der Waals surface area (Å²) in [5.74, 6) is 3.58. The molecule has 0 radical (unpaired) electrons. The molecule has 12 aromatic rings. The standard InChI is InChI=1S/C64H40N4O/c1-4-18-41(19-5-1)43-34-36-45(37-35-43)62-65-61(44-22-8-3-9-23-44)66-63(67-62)49-27-17-31-56-60(49)51-39-50-48-26-10-11-28-52(48)64(53-29-12-14-32-58(53)69-59-33-15-13-30-54(59)64)55(50)40-57(51)68(56)47-25-16-24-46(38-47)42-20-6-2-7-21-42/h1-40H. The van der Waals surface area contributed by atoms with Gasteiger partial charge in [-0.25, -0.2) is 15.0 Å². The molecule has 0 atom stereocenters. The van der Waals surface area contributed by atoms with Gasteiger partial charge in [-0.1, -0.05) is 200 Å². The van der Waals surface area contributed by atoms with Crippen molar-refractivity contribution in [2.24, 2.45) is 0 Å². The molecule has 0 saturated carbocycles. The fourth-order valence-electron chi connectivity index (χ4n) is 11.1. The Hall–Kier alpha value is -9.19. The number of aromatic nitrogens is 4. The van der Waals surface area contributed by atoms with E-state index in [1.54, 1.807) is 0 Å². The largest absolute Gasteiger partial charge is 0.457 e. The van der Waals surface area contributed by atoms with Gasteiger partial charge in [-0.3, -0.25) is 0 Å². The molecule has 322 valence electrons. The summed E-state index contributed by atoms with van der Waals surface area (Å²) in [6, 6.07) is 86.2. The number of hydrogen-bond donors (Lipinski definition) is 0. The topological polar surface area (TPSA) is 52.8 Å². The Bertz CT molecular complexity index is 3930. The maximum Gasteiger partial charge on any atom is 0.164 e.